The fourth-order valence-electron chi connectivity index (χ4n) is 2.67. The van der Waals surface area contributed by atoms with Crippen LogP contribution in [-0.2, 0) is 0 Å². The van der Waals surface area contributed by atoms with Crippen molar-refractivity contribution < 1.29 is 19.2 Å². The lowest BCUT2D eigenvalue weighted by atomic mass is 9.87. The first-order chi connectivity index (χ1) is 10.9. The number of nitrogens with two attached hydrogens (primary N) is 2. The highest BCUT2D eigenvalue weighted by Crippen LogP contribution is 2.31. The molecule has 7 N–H and O–H groups in total. The van der Waals surface area contributed by atoms with Crippen LogP contribution in [0.2, 0.25) is 0 Å². The average Bonchev–Trinajstić information content (AvgIpc) is 2.65. The number of hydrogen-bond acceptors (Lipinski definition) is 5. The molecule has 0 unspecified atom stereocenters. The number of hydrogen-bond donors (Lipinski definition) is 5. The molecule has 2 aromatic rings. The summed E-state index contributed by atoms with van der Waals surface area (Å²) in [5.41, 5.74) is 16.4. The van der Waals surface area contributed by atoms with E-state index in [9.17, 15) is 19.2 Å². The van der Waals surface area contributed by atoms with Crippen molar-refractivity contribution in [1.29, 1.82) is 0 Å². The van der Waals surface area contributed by atoms with Gasteiger partial charge in [0, 0.05) is 0 Å². The van der Waals surface area contributed by atoms with E-state index in [0.29, 0.717) is 5.39 Å². The van der Waals surface area contributed by atoms with Gasteiger partial charge in [-0.05, 0) is 10.8 Å². The summed E-state index contributed by atoms with van der Waals surface area (Å²) in [6, 6.07) is 6.30. The number of benzene rings is 2. The molecule has 23 heavy (non-hydrogen) atoms. The van der Waals surface area contributed by atoms with Crippen LogP contribution in [0.3, 0.4) is 0 Å². The number of amides is 4. The second kappa shape index (κ2) is 5.07. The summed E-state index contributed by atoms with van der Waals surface area (Å²) in [6.45, 7) is 0. The molecule has 0 aliphatic carbocycles. The van der Waals surface area contributed by atoms with E-state index in [0.717, 1.165) is 0 Å². The highest BCUT2D eigenvalue weighted by molar-refractivity contribution is 6.26. The molecule has 1 aliphatic rings. The first-order valence-corrected chi connectivity index (χ1v) is 6.47. The number of hydrazine groups is 2. The van der Waals surface area contributed by atoms with Crippen molar-refractivity contribution in [2.45, 2.75) is 0 Å². The van der Waals surface area contributed by atoms with Gasteiger partial charge in [-0.25, -0.2) is 0 Å². The van der Waals surface area contributed by atoms with Crippen molar-refractivity contribution in [1.82, 2.24) is 16.4 Å². The monoisotopic (exact) mass is 313 g/mol. The molecule has 0 atom stereocenters. The first kappa shape index (κ1) is 14.5. The zero-order chi connectivity index (χ0) is 16.7. The van der Waals surface area contributed by atoms with E-state index in [1.165, 1.54) is 6.07 Å². The number of carbonyl (C=O) groups excluding carboxylic acids is 4. The van der Waals surface area contributed by atoms with Gasteiger partial charge in [0.1, 0.15) is 0 Å². The molecular weight excluding hydrogens is 302 g/mol. The van der Waals surface area contributed by atoms with Crippen molar-refractivity contribution in [2.24, 2.45) is 11.5 Å². The van der Waals surface area contributed by atoms with Crippen LogP contribution >= 0.6 is 0 Å². The van der Waals surface area contributed by atoms with E-state index in [-0.39, 0.29) is 27.6 Å². The van der Waals surface area contributed by atoms with Gasteiger partial charge in [-0.2, -0.15) is 0 Å². The maximum absolute atomic E-state index is 12.3. The Labute approximate surface area is 128 Å². The van der Waals surface area contributed by atoms with E-state index < -0.39 is 23.6 Å². The largest absolute Gasteiger partial charge is 0.366 e. The number of carbonyl (C=O) groups is 4. The molecular formula is C14H11N5O4. The Hall–Kier alpha value is -3.46. The van der Waals surface area contributed by atoms with Crippen LogP contribution in [0.1, 0.15) is 41.4 Å². The minimum absolute atomic E-state index is 0.0677. The lowest BCUT2D eigenvalue weighted by Gasteiger charge is -2.15. The molecule has 0 radical (unpaired) electrons. The molecule has 0 aromatic heterocycles. The van der Waals surface area contributed by atoms with Crippen LogP contribution in [0.5, 0.6) is 0 Å². The Balaban J connectivity index is 2.63. The van der Waals surface area contributed by atoms with E-state index in [4.69, 9.17) is 11.5 Å². The highest BCUT2D eigenvalue weighted by atomic mass is 16.2. The normalized spacial score (nSPS) is 13.7. The molecule has 9 heteroatoms. The van der Waals surface area contributed by atoms with Gasteiger partial charge in [0.05, 0.1) is 22.3 Å². The molecule has 0 saturated carbocycles. The second-order valence-corrected chi connectivity index (χ2v) is 4.81. The molecule has 4 amide bonds. The smallest absolute Gasteiger partial charge is 0.268 e. The van der Waals surface area contributed by atoms with Crippen molar-refractivity contribution in [2.75, 3.05) is 0 Å². The predicted octanol–water partition coefficient (Wildman–Crippen LogP) is -1.07. The van der Waals surface area contributed by atoms with Gasteiger partial charge in [-0.3, -0.25) is 30.0 Å². The quantitative estimate of drug-likeness (QED) is 0.477. The number of fused-ring (bicyclic) bond motifs is 3. The van der Waals surface area contributed by atoms with Crippen LogP contribution in [0.4, 0.5) is 0 Å². The third kappa shape index (κ3) is 2.07. The summed E-state index contributed by atoms with van der Waals surface area (Å²) in [4.78, 5) is 48.3. The second-order valence-electron chi connectivity index (χ2n) is 4.81. The fourth-order valence-corrected chi connectivity index (χ4v) is 2.67. The SMILES string of the molecule is NC(=O)c1c2c(c3ccccc3c1C(N)=O)C(=O)NNNC2=O. The van der Waals surface area contributed by atoms with Gasteiger partial charge in [-0.1, -0.05) is 24.3 Å². The fraction of sp³-hybridized carbons (Fsp3) is 0. The van der Waals surface area contributed by atoms with E-state index >= 15 is 0 Å². The van der Waals surface area contributed by atoms with Gasteiger partial charge in [0.25, 0.3) is 11.8 Å². The van der Waals surface area contributed by atoms with Crippen molar-refractivity contribution in [3.63, 3.8) is 0 Å². The van der Waals surface area contributed by atoms with Crippen molar-refractivity contribution >= 4 is 34.4 Å². The molecule has 0 fully saturated rings. The van der Waals surface area contributed by atoms with E-state index in [1.54, 1.807) is 18.2 Å². The van der Waals surface area contributed by atoms with Crippen LogP contribution in [0.15, 0.2) is 24.3 Å². The number of rotatable bonds is 2. The van der Waals surface area contributed by atoms with Gasteiger partial charge in [-0.15, -0.1) is 5.53 Å². The van der Waals surface area contributed by atoms with Crippen molar-refractivity contribution in [3.05, 3.63) is 46.5 Å². The zero-order valence-electron chi connectivity index (χ0n) is 11.6. The molecule has 116 valence electrons. The standard InChI is InChI=1S/C14H11N5O4/c15-11(20)7-5-3-1-2-4-6(5)8-10(9(7)12(16)21)14(23)18-19-17-13(8)22/h1-4,19H,(H2,15,20)(H2,16,21)(H,17,22)(H,18,23). The minimum atomic E-state index is -1.04. The summed E-state index contributed by atoms with van der Waals surface area (Å²) in [7, 11) is 0. The van der Waals surface area contributed by atoms with Gasteiger partial charge in [0.2, 0.25) is 11.8 Å². The summed E-state index contributed by atoms with van der Waals surface area (Å²) in [6.07, 6.45) is 0. The number of nitrogens with one attached hydrogen (secondary N) is 3. The summed E-state index contributed by atoms with van der Waals surface area (Å²) < 4.78 is 0. The van der Waals surface area contributed by atoms with Crippen LogP contribution in [0, 0.1) is 0 Å². The number of primary amides is 2. The Kier molecular flexibility index (Phi) is 3.19. The lowest BCUT2D eigenvalue weighted by molar-refractivity contribution is 0.0897. The molecule has 0 saturated heterocycles. The Morgan fingerprint density at radius 1 is 0.783 bits per heavy atom. The van der Waals surface area contributed by atoms with E-state index in [2.05, 4.69) is 16.4 Å². The molecule has 0 spiro atoms. The van der Waals surface area contributed by atoms with Crippen molar-refractivity contribution in [3.8, 4) is 0 Å². The van der Waals surface area contributed by atoms with E-state index in [1.807, 2.05) is 0 Å². The predicted molar refractivity (Wildman–Crippen MR) is 79.1 cm³/mol. The Morgan fingerprint density at radius 2 is 1.30 bits per heavy atom. The lowest BCUT2D eigenvalue weighted by Crippen LogP contribution is -2.46. The van der Waals surface area contributed by atoms with Gasteiger partial charge in [0.15, 0.2) is 0 Å². The molecule has 0 bridgehead atoms. The topological polar surface area (TPSA) is 156 Å². The Bertz CT molecular complexity index is 906. The molecule has 1 aliphatic heterocycles. The van der Waals surface area contributed by atoms with Gasteiger partial charge >= 0.3 is 0 Å². The van der Waals surface area contributed by atoms with Crippen LogP contribution in [-0.4, -0.2) is 23.6 Å². The molecule has 1 heterocycles. The average molecular weight is 313 g/mol. The minimum Gasteiger partial charge on any atom is -0.366 e. The highest BCUT2D eigenvalue weighted by Gasteiger charge is 2.33. The van der Waals surface area contributed by atoms with Crippen LogP contribution in [0.25, 0.3) is 10.8 Å². The Morgan fingerprint density at radius 3 is 1.87 bits per heavy atom. The molecule has 2 aromatic carbocycles. The maximum atomic E-state index is 12.3. The first-order valence-electron chi connectivity index (χ1n) is 6.47. The molecule has 9 nitrogen and oxygen atoms in total. The van der Waals surface area contributed by atoms with Crippen LogP contribution < -0.4 is 27.9 Å². The zero-order valence-corrected chi connectivity index (χ0v) is 11.6. The maximum Gasteiger partial charge on any atom is 0.268 e. The summed E-state index contributed by atoms with van der Waals surface area (Å²) >= 11 is 0. The third-order valence-corrected chi connectivity index (χ3v) is 3.51. The molecule has 3 rings (SSSR count). The summed E-state index contributed by atoms with van der Waals surface area (Å²) in [5.74, 6) is -3.41. The third-order valence-electron chi connectivity index (χ3n) is 3.51. The summed E-state index contributed by atoms with van der Waals surface area (Å²) in [5, 5.41) is 0.565. The van der Waals surface area contributed by atoms with Gasteiger partial charge < -0.3 is 11.5 Å².